The van der Waals surface area contributed by atoms with E-state index in [1.54, 1.807) is 21.3 Å². The van der Waals surface area contributed by atoms with Gasteiger partial charge in [0.15, 0.2) is 0 Å². The molecule has 2 aliphatic rings. The summed E-state index contributed by atoms with van der Waals surface area (Å²) in [6.45, 7) is 6.11. The van der Waals surface area contributed by atoms with E-state index in [1.807, 2.05) is 18.2 Å². The van der Waals surface area contributed by atoms with E-state index in [4.69, 9.17) is 14.2 Å². The number of ether oxygens (including phenoxy) is 3. The van der Waals surface area contributed by atoms with Gasteiger partial charge in [-0.3, -0.25) is 9.69 Å². The second kappa shape index (κ2) is 10.8. The molecule has 0 aliphatic carbocycles. The second-order valence-electron chi connectivity index (χ2n) is 8.86. The normalized spacial score (nSPS) is 16.2. The van der Waals surface area contributed by atoms with Crippen molar-refractivity contribution in [3.05, 3.63) is 47.5 Å². The minimum atomic E-state index is 0.00785. The van der Waals surface area contributed by atoms with Crippen molar-refractivity contribution in [3.63, 3.8) is 0 Å². The lowest BCUT2D eigenvalue weighted by Gasteiger charge is -2.27. The highest BCUT2D eigenvalue weighted by Gasteiger charge is 2.22. The van der Waals surface area contributed by atoms with Crippen molar-refractivity contribution in [3.8, 4) is 17.2 Å². The number of benzene rings is 2. The number of methoxy groups -OCH3 is 3. The molecule has 2 heterocycles. The Balaban J connectivity index is 1.38. The summed E-state index contributed by atoms with van der Waals surface area (Å²) < 4.78 is 16.6. The molecule has 1 N–H and O–H groups in total. The first kappa shape index (κ1) is 24.0. The molecule has 4 rings (SSSR count). The maximum absolute atomic E-state index is 12.8. The molecule has 0 spiro atoms. The fourth-order valence-corrected chi connectivity index (χ4v) is 4.76. The van der Waals surface area contributed by atoms with Gasteiger partial charge in [-0.25, -0.2) is 0 Å². The van der Waals surface area contributed by atoms with Crippen molar-refractivity contribution in [1.82, 2.24) is 4.90 Å². The van der Waals surface area contributed by atoms with Crippen molar-refractivity contribution in [2.75, 3.05) is 64.3 Å². The van der Waals surface area contributed by atoms with Crippen LogP contribution >= 0.6 is 0 Å². The fraction of sp³-hybridized carbons (Fsp3) is 0.444. The Labute approximate surface area is 202 Å². The van der Waals surface area contributed by atoms with Crippen LogP contribution in [0.3, 0.4) is 0 Å². The van der Waals surface area contributed by atoms with Gasteiger partial charge in [-0.2, -0.15) is 0 Å². The second-order valence-corrected chi connectivity index (χ2v) is 8.86. The third-order valence-electron chi connectivity index (χ3n) is 6.65. The average molecular weight is 466 g/mol. The van der Waals surface area contributed by atoms with Crippen LogP contribution < -0.4 is 24.4 Å². The van der Waals surface area contributed by atoms with Crippen LogP contribution in [-0.2, 0) is 4.79 Å². The Morgan fingerprint density at radius 1 is 0.971 bits per heavy atom. The highest BCUT2D eigenvalue weighted by atomic mass is 16.5. The highest BCUT2D eigenvalue weighted by molar-refractivity contribution is 5.93. The van der Waals surface area contributed by atoms with Crippen molar-refractivity contribution < 1.29 is 19.0 Å². The van der Waals surface area contributed by atoms with Crippen LogP contribution in [0.5, 0.6) is 17.2 Å². The molecule has 0 saturated carbocycles. The van der Waals surface area contributed by atoms with Gasteiger partial charge < -0.3 is 24.4 Å². The van der Waals surface area contributed by atoms with E-state index in [9.17, 15) is 4.79 Å². The molecule has 182 valence electrons. The zero-order valence-corrected chi connectivity index (χ0v) is 20.6. The van der Waals surface area contributed by atoms with Crippen LogP contribution in [0.25, 0.3) is 5.57 Å². The molecule has 0 unspecified atom stereocenters. The van der Waals surface area contributed by atoms with Crippen LogP contribution in [0.1, 0.15) is 30.4 Å². The highest BCUT2D eigenvalue weighted by Crippen LogP contribution is 2.40. The predicted octanol–water partition coefficient (Wildman–Crippen LogP) is 4.35. The molecule has 1 amide bonds. The molecule has 2 aliphatic heterocycles. The lowest BCUT2D eigenvalue weighted by atomic mass is 9.97. The number of rotatable bonds is 8. The maximum Gasteiger partial charge on any atom is 0.238 e. The summed E-state index contributed by atoms with van der Waals surface area (Å²) >= 11 is 0. The largest absolute Gasteiger partial charge is 0.496 e. The summed E-state index contributed by atoms with van der Waals surface area (Å²) in [5.41, 5.74) is 5.32. The van der Waals surface area contributed by atoms with Crippen molar-refractivity contribution in [1.29, 1.82) is 0 Å². The molecule has 0 atom stereocenters. The number of hydrogen-bond donors (Lipinski definition) is 1. The summed E-state index contributed by atoms with van der Waals surface area (Å²) in [4.78, 5) is 17.3. The van der Waals surface area contributed by atoms with Gasteiger partial charge in [0, 0.05) is 49.7 Å². The molecular formula is C27H35N3O4. The quantitative estimate of drug-likeness (QED) is 0.626. The molecule has 0 bridgehead atoms. The monoisotopic (exact) mass is 465 g/mol. The van der Waals surface area contributed by atoms with Crippen molar-refractivity contribution >= 4 is 22.9 Å². The van der Waals surface area contributed by atoms with Gasteiger partial charge in [-0.1, -0.05) is 6.08 Å². The molecule has 2 aromatic carbocycles. The van der Waals surface area contributed by atoms with Gasteiger partial charge >= 0.3 is 0 Å². The maximum atomic E-state index is 12.8. The molecule has 2 aromatic rings. The first-order chi connectivity index (χ1) is 16.5. The van der Waals surface area contributed by atoms with E-state index in [0.717, 1.165) is 59.9 Å². The van der Waals surface area contributed by atoms with E-state index >= 15 is 0 Å². The molecule has 7 heteroatoms. The van der Waals surface area contributed by atoms with Gasteiger partial charge in [-0.05, 0) is 55.5 Å². The summed E-state index contributed by atoms with van der Waals surface area (Å²) in [6.07, 6.45) is 5.46. The van der Waals surface area contributed by atoms with Crippen LogP contribution in [0, 0.1) is 6.92 Å². The molecule has 34 heavy (non-hydrogen) atoms. The summed E-state index contributed by atoms with van der Waals surface area (Å²) in [5.74, 6) is 2.15. The molecule has 0 radical (unpaired) electrons. The molecular weight excluding hydrogens is 430 g/mol. The standard InChI is InChI=1S/C27H35N3O4/c1-19-15-21(30-11-5-6-12-30)7-8-23(19)28-26(31)18-29-13-9-20(10-14-29)27-24(33-3)16-22(32-2)17-25(27)34-4/h7-9,15-17H,5-6,10-14,18H2,1-4H3,(H,28,31). The summed E-state index contributed by atoms with van der Waals surface area (Å²) in [6, 6.07) is 10.1. The topological polar surface area (TPSA) is 63.3 Å². The lowest BCUT2D eigenvalue weighted by molar-refractivity contribution is -0.117. The molecule has 1 saturated heterocycles. The molecule has 1 fully saturated rings. The zero-order valence-electron chi connectivity index (χ0n) is 20.6. The van der Waals surface area contributed by atoms with E-state index in [1.165, 1.54) is 18.5 Å². The van der Waals surface area contributed by atoms with Gasteiger partial charge in [-0.15, -0.1) is 0 Å². The number of anilines is 2. The van der Waals surface area contributed by atoms with Crippen LogP contribution in [0.15, 0.2) is 36.4 Å². The van der Waals surface area contributed by atoms with Crippen LogP contribution in [-0.4, -0.2) is 64.9 Å². The molecule has 7 nitrogen and oxygen atoms in total. The van der Waals surface area contributed by atoms with E-state index in [-0.39, 0.29) is 5.91 Å². The Morgan fingerprint density at radius 2 is 1.68 bits per heavy atom. The number of nitrogens with one attached hydrogen (secondary N) is 1. The average Bonchev–Trinajstić information content (AvgIpc) is 3.40. The molecule has 0 aromatic heterocycles. The predicted molar refractivity (Wildman–Crippen MR) is 136 cm³/mol. The minimum Gasteiger partial charge on any atom is -0.496 e. The van der Waals surface area contributed by atoms with Crippen LogP contribution in [0.2, 0.25) is 0 Å². The van der Waals surface area contributed by atoms with Crippen LogP contribution in [0.4, 0.5) is 11.4 Å². The summed E-state index contributed by atoms with van der Waals surface area (Å²) in [5, 5.41) is 3.09. The first-order valence-corrected chi connectivity index (χ1v) is 11.9. The van der Waals surface area contributed by atoms with Gasteiger partial charge in [0.05, 0.1) is 33.4 Å². The third-order valence-corrected chi connectivity index (χ3v) is 6.65. The third kappa shape index (κ3) is 5.30. The number of hydrogen-bond acceptors (Lipinski definition) is 6. The number of aryl methyl sites for hydroxylation is 1. The Hall–Kier alpha value is -3.19. The number of carbonyl (C=O) groups is 1. The van der Waals surface area contributed by atoms with Gasteiger partial charge in [0.25, 0.3) is 0 Å². The van der Waals surface area contributed by atoms with E-state index < -0.39 is 0 Å². The summed E-state index contributed by atoms with van der Waals surface area (Å²) in [7, 11) is 4.93. The van der Waals surface area contributed by atoms with E-state index in [2.05, 4.69) is 40.2 Å². The SMILES string of the molecule is COc1cc(OC)c(C2=CCN(CC(=O)Nc3ccc(N4CCCC4)cc3C)CC2)c(OC)c1. The zero-order chi connectivity index (χ0) is 24.1. The first-order valence-electron chi connectivity index (χ1n) is 11.9. The van der Waals surface area contributed by atoms with Crippen molar-refractivity contribution in [2.45, 2.75) is 26.2 Å². The Kier molecular flexibility index (Phi) is 7.63. The number of amides is 1. The minimum absolute atomic E-state index is 0.00785. The van der Waals surface area contributed by atoms with Gasteiger partial charge in [0.1, 0.15) is 17.2 Å². The smallest absolute Gasteiger partial charge is 0.238 e. The number of carbonyl (C=O) groups excluding carboxylic acids is 1. The van der Waals surface area contributed by atoms with E-state index in [0.29, 0.717) is 18.8 Å². The number of nitrogens with zero attached hydrogens (tertiary/aromatic N) is 2. The fourth-order valence-electron chi connectivity index (χ4n) is 4.76. The Bertz CT molecular complexity index is 1030. The van der Waals surface area contributed by atoms with Crippen molar-refractivity contribution in [2.24, 2.45) is 0 Å². The Morgan fingerprint density at radius 3 is 2.24 bits per heavy atom. The van der Waals surface area contributed by atoms with Gasteiger partial charge in [0.2, 0.25) is 5.91 Å². The lowest BCUT2D eigenvalue weighted by Crippen LogP contribution is -2.36.